The molecule has 0 bridgehead atoms. The lowest BCUT2D eigenvalue weighted by molar-refractivity contribution is -0.114. The fraction of sp³-hybridized carbons (Fsp3) is 0.316. The van der Waals surface area contributed by atoms with Crippen LogP contribution in [-0.2, 0) is 19.0 Å². The quantitative estimate of drug-likeness (QED) is 0.526. The molecular weight excluding hydrogens is 388 g/mol. The number of anilines is 1. The normalized spacial score (nSPS) is 13.2. The number of allylic oxidation sites excluding steroid dienone is 2. The standard InChI is InChI=1S/C19H21ClN2O6/c1-4-26-18(24)22(21-14-8-6-13(20)7-9-14)12(3)17-15(23)10-11-16(17)28-19(25)27-5-2/h6-9,21H,3-5,10-11H2,1-2H3. The van der Waals surface area contributed by atoms with E-state index in [9.17, 15) is 14.4 Å². The van der Waals surface area contributed by atoms with Crippen LogP contribution in [-0.4, -0.2) is 36.3 Å². The van der Waals surface area contributed by atoms with E-state index in [0.717, 1.165) is 5.01 Å². The number of amides is 1. The van der Waals surface area contributed by atoms with Crippen molar-refractivity contribution < 1.29 is 28.6 Å². The van der Waals surface area contributed by atoms with Crippen LogP contribution in [0.2, 0.25) is 5.02 Å². The average Bonchev–Trinajstić information content (AvgIpc) is 3.01. The van der Waals surface area contributed by atoms with Gasteiger partial charge in [0.15, 0.2) is 5.78 Å². The molecule has 0 atom stereocenters. The molecule has 8 nitrogen and oxygen atoms in total. The summed E-state index contributed by atoms with van der Waals surface area (Å²) in [5.74, 6) is -0.211. The molecule has 1 aromatic carbocycles. The first-order chi connectivity index (χ1) is 13.4. The number of carbonyl (C=O) groups excluding carboxylic acids is 3. The van der Waals surface area contributed by atoms with Gasteiger partial charge < -0.3 is 14.2 Å². The van der Waals surface area contributed by atoms with Crippen LogP contribution in [0.25, 0.3) is 0 Å². The fourth-order valence-electron chi connectivity index (χ4n) is 2.48. The van der Waals surface area contributed by atoms with Gasteiger partial charge in [-0.1, -0.05) is 18.2 Å². The second-order valence-electron chi connectivity index (χ2n) is 5.61. The first-order valence-corrected chi connectivity index (χ1v) is 9.04. The minimum atomic E-state index is -0.925. The number of hydrazine groups is 1. The maximum atomic E-state index is 12.4. The first kappa shape index (κ1) is 21.3. The third-order valence-electron chi connectivity index (χ3n) is 3.70. The molecule has 0 spiro atoms. The molecule has 0 aliphatic heterocycles. The van der Waals surface area contributed by atoms with Crippen molar-refractivity contribution >= 4 is 35.3 Å². The Hall–Kier alpha value is -3.00. The summed E-state index contributed by atoms with van der Waals surface area (Å²) in [5.41, 5.74) is 3.37. The van der Waals surface area contributed by atoms with Crippen LogP contribution in [0.1, 0.15) is 26.7 Å². The lowest BCUT2D eigenvalue weighted by atomic mass is 10.1. The largest absolute Gasteiger partial charge is 0.513 e. The molecule has 9 heteroatoms. The van der Waals surface area contributed by atoms with Crippen LogP contribution in [0.4, 0.5) is 15.3 Å². The topological polar surface area (TPSA) is 94.2 Å². The lowest BCUT2D eigenvalue weighted by Crippen LogP contribution is -2.37. The van der Waals surface area contributed by atoms with Gasteiger partial charge in [0.2, 0.25) is 0 Å². The maximum Gasteiger partial charge on any atom is 0.513 e. The van der Waals surface area contributed by atoms with E-state index >= 15 is 0 Å². The van der Waals surface area contributed by atoms with E-state index in [1.54, 1.807) is 38.1 Å². The van der Waals surface area contributed by atoms with Crippen LogP contribution >= 0.6 is 11.6 Å². The van der Waals surface area contributed by atoms with Crippen LogP contribution < -0.4 is 5.43 Å². The number of hydrogen-bond donors (Lipinski definition) is 1. The SMILES string of the molecule is C=C(C1=C(OC(=O)OCC)CCC1=O)N(Nc1ccc(Cl)cc1)C(=O)OCC. The molecule has 1 aliphatic carbocycles. The minimum absolute atomic E-state index is 0.00445. The number of Topliss-reactive ketones (excluding diaryl/α,β-unsaturated/α-hetero) is 1. The molecule has 28 heavy (non-hydrogen) atoms. The van der Waals surface area contributed by atoms with Crippen molar-refractivity contribution in [1.29, 1.82) is 0 Å². The molecule has 2 rings (SSSR count). The second-order valence-corrected chi connectivity index (χ2v) is 6.04. The van der Waals surface area contributed by atoms with E-state index in [1.165, 1.54) is 0 Å². The maximum absolute atomic E-state index is 12.4. The van der Waals surface area contributed by atoms with Gasteiger partial charge >= 0.3 is 12.2 Å². The number of nitrogens with zero attached hydrogens (tertiary/aromatic N) is 1. The molecule has 0 aromatic heterocycles. The Labute approximate surface area is 167 Å². The molecule has 0 radical (unpaired) electrons. The van der Waals surface area contributed by atoms with Gasteiger partial charge in [-0.25, -0.2) is 9.59 Å². The van der Waals surface area contributed by atoms with E-state index in [1.807, 2.05) is 0 Å². The fourth-order valence-corrected chi connectivity index (χ4v) is 2.61. The van der Waals surface area contributed by atoms with E-state index < -0.39 is 12.2 Å². The molecule has 0 saturated carbocycles. The number of ketones is 1. The highest BCUT2D eigenvalue weighted by molar-refractivity contribution is 6.30. The van der Waals surface area contributed by atoms with E-state index in [4.69, 9.17) is 25.8 Å². The van der Waals surface area contributed by atoms with Gasteiger partial charge in [0, 0.05) is 17.9 Å². The van der Waals surface area contributed by atoms with Crippen LogP contribution in [0.15, 0.2) is 47.9 Å². The van der Waals surface area contributed by atoms with Crippen molar-refractivity contribution in [3.05, 3.63) is 52.9 Å². The smallest absolute Gasteiger partial charge is 0.448 e. The van der Waals surface area contributed by atoms with Crippen LogP contribution in [0, 0.1) is 0 Å². The van der Waals surface area contributed by atoms with Gasteiger partial charge in [-0.15, -0.1) is 0 Å². The van der Waals surface area contributed by atoms with Gasteiger partial charge in [0.05, 0.1) is 30.2 Å². The Kier molecular flexibility index (Phi) is 7.45. The van der Waals surface area contributed by atoms with Gasteiger partial charge in [-0.3, -0.25) is 10.2 Å². The number of ether oxygens (including phenoxy) is 3. The van der Waals surface area contributed by atoms with E-state index in [0.29, 0.717) is 10.7 Å². The summed E-state index contributed by atoms with van der Waals surface area (Å²) in [6.07, 6.45) is -1.37. The number of benzene rings is 1. The molecular formula is C19H21ClN2O6. The molecule has 1 aromatic rings. The number of hydrogen-bond acceptors (Lipinski definition) is 7. The molecule has 1 N–H and O–H groups in total. The summed E-state index contributed by atoms with van der Waals surface area (Å²) in [5, 5.41) is 1.51. The second kappa shape index (κ2) is 9.80. The highest BCUT2D eigenvalue weighted by Crippen LogP contribution is 2.31. The van der Waals surface area contributed by atoms with Gasteiger partial charge in [-0.2, -0.15) is 5.01 Å². The van der Waals surface area contributed by atoms with Crippen molar-refractivity contribution in [3.63, 3.8) is 0 Å². The third kappa shape index (κ3) is 5.26. The highest BCUT2D eigenvalue weighted by atomic mass is 35.5. The Bertz CT molecular complexity index is 803. The zero-order valence-electron chi connectivity index (χ0n) is 15.6. The van der Waals surface area contributed by atoms with Crippen molar-refractivity contribution in [2.75, 3.05) is 18.6 Å². The Balaban J connectivity index is 2.32. The molecule has 1 aliphatic rings. The van der Waals surface area contributed by atoms with Crippen molar-refractivity contribution in [2.24, 2.45) is 0 Å². The molecule has 150 valence electrons. The van der Waals surface area contributed by atoms with Gasteiger partial charge in [0.1, 0.15) is 5.76 Å². The average molecular weight is 409 g/mol. The summed E-state index contributed by atoms with van der Waals surface area (Å²) in [6, 6.07) is 6.54. The van der Waals surface area contributed by atoms with E-state index in [-0.39, 0.29) is 48.9 Å². The Morgan fingerprint density at radius 3 is 2.39 bits per heavy atom. The number of halogens is 1. The zero-order valence-corrected chi connectivity index (χ0v) is 16.4. The van der Waals surface area contributed by atoms with Crippen molar-refractivity contribution in [3.8, 4) is 0 Å². The monoisotopic (exact) mass is 408 g/mol. The first-order valence-electron chi connectivity index (χ1n) is 8.66. The van der Waals surface area contributed by atoms with Gasteiger partial charge in [0.25, 0.3) is 0 Å². The summed E-state index contributed by atoms with van der Waals surface area (Å²) in [7, 11) is 0. The summed E-state index contributed by atoms with van der Waals surface area (Å²) >= 11 is 5.88. The summed E-state index contributed by atoms with van der Waals surface area (Å²) < 4.78 is 14.9. The molecule has 0 fully saturated rings. The minimum Gasteiger partial charge on any atom is -0.448 e. The highest BCUT2D eigenvalue weighted by Gasteiger charge is 2.33. The summed E-state index contributed by atoms with van der Waals surface area (Å²) in [6.45, 7) is 7.36. The van der Waals surface area contributed by atoms with Crippen molar-refractivity contribution in [1.82, 2.24) is 5.01 Å². The Morgan fingerprint density at radius 1 is 1.14 bits per heavy atom. The zero-order chi connectivity index (χ0) is 20.7. The van der Waals surface area contributed by atoms with Crippen molar-refractivity contribution in [2.45, 2.75) is 26.7 Å². The lowest BCUT2D eigenvalue weighted by Gasteiger charge is -2.26. The predicted octanol–water partition coefficient (Wildman–Crippen LogP) is 4.43. The summed E-state index contributed by atoms with van der Waals surface area (Å²) in [4.78, 5) is 36.5. The third-order valence-corrected chi connectivity index (χ3v) is 3.95. The number of rotatable bonds is 7. The number of carbonyl (C=O) groups is 3. The molecule has 0 saturated heterocycles. The van der Waals surface area contributed by atoms with Gasteiger partial charge in [-0.05, 0) is 38.1 Å². The predicted molar refractivity (Wildman–Crippen MR) is 102 cm³/mol. The van der Waals surface area contributed by atoms with Crippen LogP contribution in [0.3, 0.4) is 0 Å². The van der Waals surface area contributed by atoms with E-state index in [2.05, 4.69) is 12.0 Å². The molecule has 1 amide bonds. The number of nitrogens with one attached hydrogen (secondary N) is 1. The molecule has 0 unspecified atom stereocenters. The Morgan fingerprint density at radius 2 is 1.79 bits per heavy atom. The molecule has 0 heterocycles. The van der Waals surface area contributed by atoms with Crippen LogP contribution in [0.5, 0.6) is 0 Å².